The number of carbonyl (C=O) groups excluding carboxylic acids is 2. The number of anilines is 1. The Morgan fingerprint density at radius 1 is 1.26 bits per heavy atom. The first-order valence-corrected chi connectivity index (χ1v) is 12.1. The van der Waals surface area contributed by atoms with Gasteiger partial charge in [0, 0.05) is 24.1 Å². The van der Waals surface area contributed by atoms with E-state index in [0.717, 1.165) is 4.90 Å². The number of hydrogen-bond donors (Lipinski definition) is 0. The normalized spacial score (nSPS) is 17.5. The summed E-state index contributed by atoms with van der Waals surface area (Å²) in [5.41, 5.74) is 0.490. The van der Waals surface area contributed by atoms with Gasteiger partial charge in [0.2, 0.25) is 15.9 Å². The molecular formula is C19H21N3O7S2. The fourth-order valence-electron chi connectivity index (χ4n) is 3.30. The van der Waals surface area contributed by atoms with Gasteiger partial charge in [0.15, 0.2) is 11.5 Å². The quantitative estimate of drug-likeness (QED) is 0.582. The Hall–Kier alpha value is -2.41. The number of sulfonamides is 1. The van der Waals surface area contributed by atoms with Crippen molar-refractivity contribution >= 4 is 39.3 Å². The van der Waals surface area contributed by atoms with Crippen molar-refractivity contribution in [3.63, 3.8) is 0 Å². The van der Waals surface area contributed by atoms with Crippen molar-refractivity contribution in [1.82, 2.24) is 9.46 Å². The van der Waals surface area contributed by atoms with E-state index in [1.165, 1.54) is 33.1 Å². The van der Waals surface area contributed by atoms with Crippen molar-refractivity contribution in [2.24, 2.45) is 0 Å². The first-order chi connectivity index (χ1) is 14.9. The Kier molecular flexibility index (Phi) is 6.32. The molecule has 12 heteroatoms. The molecule has 2 aliphatic rings. The molecule has 0 atom stereocenters. The molecule has 1 aromatic carbocycles. The van der Waals surface area contributed by atoms with Gasteiger partial charge in [-0.3, -0.25) is 4.79 Å². The summed E-state index contributed by atoms with van der Waals surface area (Å²) in [7, 11) is -3.71. The second-order valence-corrected chi connectivity index (χ2v) is 9.77. The summed E-state index contributed by atoms with van der Waals surface area (Å²) in [6.07, 6.45) is 0. The van der Waals surface area contributed by atoms with Crippen LogP contribution in [-0.4, -0.2) is 68.4 Å². The number of ether oxygens (including phenoxy) is 2. The van der Waals surface area contributed by atoms with Crippen LogP contribution in [0.15, 0.2) is 38.6 Å². The fourth-order valence-corrected chi connectivity index (χ4v) is 5.64. The zero-order valence-corrected chi connectivity index (χ0v) is 18.4. The summed E-state index contributed by atoms with van der Waals surface area (Å²) in [4.78, 5) is 26.8. The molecular weight excluding hydrogens is 446 g/mol. The predicted octanol–water partition coefficient (Wildman–Crippen LogP) is 1.51. The van der Waals surface area contributed by atoms with Crippen molar-refractivity contribution in [3.05, 3.63) is 35.7 Å². The highest BCUT2D eigenvalue weighted by molar-refractivity contribution is 8.00. The van der Waals surface area contributed by atoms with E-state index in [1.54, 1.807) is 19.1 Å². The number of rotatable bonds is 6. The van der Waals surface area contributed by atoms with Gasteiger partial charge in [-0.25, -0.2) is 13.2 Å². The Morgan fingerprint density at radius 3 is 2.77 bits per heavy atom. The summed E-state index contributed by atoms with van der Waals surface area (Å²) in [6, 6.07) is 6.18. The third-order valence-corrected chi connectivity index (χ3v) is 7.78. The van der Waals surface area contributed by atoms with Gasteiger partial charge in [0.1, 0.15) is 0 Å². The summed E-state index contributed by atoms with van der Waals surface area (Å²) in [5, 5.41) is 3.69. The van der Waals surface area contributed by atoms with Crippen LogP contribution in [0.4, 0.5) is 5.69 Å². The monoisotopic (exact) mass is 467 g/mol. The molecule has 0 bridgehead atoms. The van der Waals surface area contributed by atoms with Gasteiger partial charge >= 0.3 is 5.97 Å². The lowest BCUT2D eigenvalue weighted by Crippen LogP contribution is -2.41. The fraction of sp³-hybridized carbons (Fsp3) is 0.421. The van der Waals surface area contributed by atoms with Gasteiger partial charge in [0.25, 0.3) is 0 Å². The highest BCUT2D eigenvalue weighted by Gasteiger charge is 2.31. The minimum absolute atomic E-state index is 0.0135. The highest BCUT2D eigenvalue weighted by Crippen LogP contribution is 2.38. The molecule has 0 radical (unpaired) electrons. The van der Waals surface area contributed by atoms with Crippen molar-refractivity contribution in [1.29, 1.82) is 0 Å². The van der Waals surface area contributed by atoms with Gasteiger partial charge in [-0.1, -0.05) is 5.16 Å². The lowest BCUT2D eigenvalue weighted by molar-refractivity contribution is -0.116. The molecule has 2 aromatic rings. The van der Waals surface area contributed by atoms with Gasteiger partial charge in [-0.15, -0.1) is 11.8 Å². The third-order valence-electron chi connectivity index (χ3n) is 4.84. The van der Waals surface area contributed by atoms with E-state index in [1.807, 2.05) is 0 Å². The van der Waals surface area contributed by atoms with E-state index < -0.39 is 16.0 Å². The standard InChI is InChI=1S/C19H21N3O7S2/c1-2-28-19(24)15-9-13(29-20-15)11-22-16-10-14(3-4-17(16)30-12-18(22)23)31(25,26)21-5-7-27-8-6-21/h3-4,9-10H,2,5-8,11-12H2,1H3. The molecule has 0 unspecified atom stereocenters. The average molecular weight is 468 g/mol. The number of esters is 1. The van der Waals surface area contributed by atoms with E-state index in [-0.39, 0.29) is 54.3 Å². The number of fused-ring (bicyclic) bond motifs is 1. The van der Waals surface area contributed by atoms with Gasteiger partial charge < -0.3 is 18.9 Å². The van der Waals surface area contributed by atoms with E-state index in [4.69, 9.17) is 14.0 Å². The first-order valence-electron chi connectivity index (χ1n) is 9.68. The van der Waals surface area contributed by atoms with Crippen LogP contribution < -0.4 is 4.90 Å². The molecule has 3 heterocycles. The maximum absolute atomic E-state index is 13.0. The maximum atomic E-state index is 13.0. The summed E-state index contributed by atoms with van der Waals surface area (Å²) < 4.78 is 42.8. The van der Waals surface area contributed by atoms with Gasteiger partial charge in [-0.05, 0) is 25.1 Å². The molecule has 166 valence electrons. The van der Waals surface area contributed by atoms with Crippen LogP contribution in [0, 0.1) is 0 Å². The van der Waals surface area contributed by atoms with Crippen LogP contribution in [0.5, 0.6) is 0 Å². The zero-order valence-electron chi connectivity index (χ0n) is 16.8. The largest absolute Gasteiger partial charge is 0.461 e. The number of carbonyl (C=O) groups is 2. The number of thioether (sulfide) groups is 1. The SMILES string of the molecule is CCOC(=O)c1cc(CN2C(=O)CSc3ccc(S(=O)(=O)N4CCOCC4)cc32)on1. The van der Waals surface area contributed by atoms with Crippen LogP contribution in [-0.2, 0) is 30.8 Å². The lowest BCUT2D eigenvalue weighted by Gasteiger charge is -2.30. The van der Waals surface area contributed by atoms with Crippen molar-refractivity contribution < 1.29 is 32.0 Å². The maximum Gasteiger partial charge on any atom is 0.360 e. The Balaban J connectivity index is 1.62. The van der Waals surface area contributed by atoms with Gasteiger partial charge in [0.05, 0.1) is 42.7 Å². The summed E-state index contributed by atoms with van der Waals surface area (Å²) in [5.74, 6) is -0.318. The minimum Gasteiger partial charge on any atom is -0.461 e. The number of amides is 1. The van der Waals surface area contributed by atoms with Crippen LogP contribution in [0.25, 0.3) is 0 Å². The molecule has 0 aliphatic carbocycles. The number of morpholine rings is 1. The van der Waals surface area contributed by atoms with Crippen LogP contribution in [0.2, 0.25) is 0 Å². The lowest BCUT2D eigenvalue weighted by atomic mass is 10.2. The summed E-state index contributed by atoms with van der Waals surface area (Å²) in [6.45, 7) is 3.16. The number of hydrogen-bond acceptors (Lipinski definition) is 9. The molecule has 0 spiro atoms. The molecule has 4 rings (SSSR count). The molecule has 0 saturated carbocycles. The zero-order chi connectivity index (χ0) is 22.0. The van der Waals surface area contributed by atoms with Crippen LogP contribution in [0.3, 0.4) is 0 Å². The second-order valence-electron chi connectivity index (χ2n) is 6.81. The average Bonchev–Trinajstić information content (AvgIpc) is 3.25. The molecule has 1 saturated heterocycles. The van der Waals surface area contributed by atoms with Crippen molar-refractivity contribution in [3.8, 4) is 0 Å². The third kappa shape index (κ3) is 4.47. The first kappa shape index (κ1) is 21.8. The van der Waals surface area contributed by atoms with Crippen molar-refractivity contribution in [2.45, 2.75) is 23.3 Å². The summed E-state index contributed by atoms with van der Waals surface area (Å²) >= 11 is 1.34. The highest BCUT2D eigenvalue weighted by atomic mass is 32.2. The Bertz CT molecular complexity index is 1090. The second kappa shape index (κ2) is 8.99. The van der Waals surface area contributed by atoms with E-state index in [9.17, 15) is 18.0 Å². The van der Waals surface area contributed by atoms with Crippen LogP contribution >= 0.6 is 11.8 Å². The number of benzene rings is 1. The minimum atomic E-state index is -3.71. The van der Waals surface area contributed by atoms with Crippen molar-refractivity contribution in [2.75, 3.05) is 43.6 Å². The smallest absolute Gasteiger partial charge is 0.360 e. The Labute approximate surface area is 183 Å². The van der Waals surface area contributed by atoms with Crippen LogP contribution in [0.1, 0.15) is 23.2 Å². The van der Waals surface area contributed by atoms with E-state index >= 15 is 0 Å². The van der Waals surface area contributed by atoms with E-state index in [2.05, 4.69) is 5.16 Å². The molecule has 1 amide bonds. The molecule has 1 aromatic heterocycles. The van der Waals surface area contributed by atoms with Gasteiger partial charge in [-0.2, -0.15) is 4.31 Å². The topological polar surface area (TPSA) is 119 Å². The molecule has 31 heavy (non-hydrogen) atoms. The Morgan fingerprint density at radius 2 is 2.03 bits per heavy atom. The number of aromatic nitrogens is 1. The molecule has 0 N–H and O–H groups in total. The predicted molar refractivity (Wildman–Crippen MR) is 110 cm³/mol. The number of nitrogens with zero attached hydrogens (tertiary/aromatic N) is 3. The molecule has 2 aliphatic heterocycles. The molecule has 10 nitrogen and oxygen atoms in total. The molecule has 1 fully saturated rings. The van der Waals surface area contributed by atoms with E-state index in [0.29, 0.717) is 18.9 Å².